The maximum absolute atomic E-state index is 11.7. The van der Waals surface area contributed by atoms with E-state index in [1.54, 1.807) is 13.1 Å². The summed E-state index contributed by atoms with van der Waals surface area (Å²) in [5, 5.41) is 1.50. The summed E-state index contributed by atoms with van der Waals surface area (Å²) in [6.07, 6.45) is 3.45. The minimum absolute atomic E-state index is 0.294. The van der Waals surface area contributed by atoms with Crippen molar-refractivity contribution in [3.8, 4) is 0 Å². The Kier molecular flexibility index (Phi) is 5.09. The average molecular weight is 353 g/mol. The molecule has 1 aliphatic heterocycles. The van der Waals surface area contributed by atoms with Crippen LogP contribution in [0.25, 0.3) is 0 Å². The van der Waals surface area contributed by atoms with Crippen LogP contribution in [0.2, 0.25) is 0 Å². The number of nitrogens with zero attached hydrogens (tertiary/aromatic N) is 4. The topological polar surface area (TPSA) is 84.6 Å². The number of nitrogen functional groups attached to an aromatic ring is 1. The summed E-state index contributed by atoms with van der Waals surface area (Å²) in [5.41, 5.74) is 5.67. The highest BCUT2D eigenvalue weighted by molar-refractivity contribution is 7.17. The van der Waals surface area contributed by atoms with Crippen LogP contribution in [0.15, 0.2) is 12.4 Å². The van der Waals surface area contributed by atoms with E-state index in [-0.39, 0.29) is 5.97 Å². The predicted molar refractivity (Wildman–Crippen MR) is 92.1 cm³/mol. The van der Waals surface area contributed by atoms with E-state index in [0.29, 0.717) is 16.6 Å². The van der Waals surface area contributed by atoms with E-state index in [4.69, 9.17) is 10.5 Å². The van der Waals surface area contributed by atoms with Crippen molar-refractivity contribution in [1.82, 2.24) is 14.9 Å². The number of anilines is 2. The number of hydrogen-bond donors (Lipinski definition) is 1. The standard InChI is InChI=1S/C14H19N5O2S2/c1-2-21-12(20)11-8-17-14(23-11)19-5-3-18(4-6-19)9-10-7-16-13(15)22-10/h7-8H,2-6,9H2,1H3,(H2,15,16). The van der Waals surface area contributed by atoms with E-state index < -0.39 is 0 Å². The molecular weight excluding hydrogens is 334 g/mol. The van der Waals surface area contributed by atoms with Crippen LogP contribution in [0.3, 0.4) is 0 Å². The number of hydrogen-bond acceptors (Lipinski definition) is 9. The Morgan fingerprint density at radius 1 is 1.26 bits per heavy atom. The highest BCUT2D eigenvalue weighted by Crippen LogP contribution is 2.25. The second kappa shape index (κ2) is 7.24. The van der Waals surface area contributed by atoms with Gasteiger partial charge < -0.3 is 15.4 Å². The second-order valence-electron chi connectivity index (χ2n) is 5.16. The molecule has 0 bridgehead atoms. The molecule has 124 valence electrons. The lowest BCUT2D eigenvalue weighted by molar-refractivity contribution is 0.0532. The lowest BCUT2D eigenvalue weighted by atomic mass is 10.3. The highest BCUT2D eigenvalue weighted by atomic mass is 32.1. The van der Waals surface area contributed by atoms with Crippen LogP contribution in [0, 0.1) is 0 Å². The zero-order chi connectivity index (χ0) is 16.2. The molecular formula is C14H19N5O2S2. The Labute approximate surface area is 142 Å². The molecule has 0 saturated carbocycles. The van der Waals surface area contributed by atoms with Gasteiger partial charge in [0.25, 0.3) is 0 Å². The van der Waals surface area contributed by atoms with E-state index in [1.165, 1.54) is 27.6 Å². The van der Waals surface area contributed by atoms with Crippen molar-refractivity contribution in [3.63, 3.8) is 0 Å². The summed E-state index contributed by atoms with van der Waals surface area (Å²) in [6.45, 7) is 6.75. The number of carbonyl (C=O) groups is 1. The van der Waals surface area contributed by atoms with E-state index in [9.17, 15) is 4.79 Å². The molecule has 0 radical (unpaired) electrons. The second-order valence-corrected chi connectivity index (χ2v) is 7.31. The van der Waals surface area contributed by atoms with Crippen molar-refractivity contribution in [3.05, 3.63) is 22.1 Å². The van der Waals surface area contributed by atoms with Crippen LogP contribution < -0.4 is 10.6 Å². The monoisotopic (exact) mass is 353 g/mol. The number of thiazole rings is 2. The number of aromatic nitrogens is 2. The molecule has 2 N–H and O–H groups in total. The normalized spacial score (nSPS) is 15.8. The van der Waals surface area contributed by atoms with Gasteiger partial charge in [0, 0.05) is 43.8 Å². The smallest absolute Gasteiger partial charge is 0.350 e. The van der Waals surface area contributed by atoms with Gasteiger partial charge in [0.2, 0.25) is 0 Å². The van der Waals surface area contributed by atoms with Gasteiger partial charge in [0.05, 0.1) is 12.8 Å². The fourth-order valence-corrected chi connectivity index (χ4v) is 4.01. The highest BCUT2D eigenvalue weighted by Gasteiger charge is 2.21. The van der Waals surface area contributed by atoms with Crippen LogP contribution in [0.4, 0.5) is 10.3 Å². The Morgan fingerprint density at radius 3 is 2.70 bits per heavy atom. The minimum atomic E-state index is -0.294. The summed E-state index contributed by atoms with van der Waals surface area (Å²) >= 11 is 2.93. The summed E-state index contributed by atoms with van der Waals surface area (Å²) < 4.78 is 5.00. The molecule has 0 aliphatic carbocycles. The molecule has 9 heteroatoms. The van der Waals surface area contributed by atoms with E-state index in [2.05, 4.69) is 19.8 Å². The van der Waals surface area contributed by atoms with Crippen molar-refractivity contribution in [2.24, 2.45) is 0 Å². The number of carbonyl (C=O) groups excluding carboxylic acids is 1. The first-order chi connectivity index (χ1) is 11.2. The van der Waals surface area contributed by atoms with Crippen molar-refractivity contribution in [2.75, 3.05) is 43.4 Å². The largest absolute Gasteiger partial charge is 0.462 e. The molecule has 3 heterocycles. The van der Waals surface area contributed by atoms with Crippen LogP contribution >= 0.6 is 22.7 Å². The van der Waals surface area contributed by atoms with Crippen molar-refractivity contribution >= 4 is 38.9 Å². The molecule has 23 heavy (non-hydrogen) atoms. The number of ether oxygens (including phenoxy) is 1. The lowest BCUT2D eigenvalue weighted by Crippen LogP contribution is -2.45. The zero-order valence-corrected chi connectivity index (χ0v) is 14.5. The molecule has 3 rings (SSSR count). The molecule has 1 aliphatic rings. The first kappa shape index (κ1) is 16.2. The Hall–Kier alpha value is -1.71. The lowest BCUT2D eigenvalue weighted by Gasteiger charge is -2.34. The van der Waals surface area contributed by atoms with Gasteiger partial charge in [-0.25, -0.2) is 14.8 Å². The maximum atomic E-state index is 11.7. The summed E-state index contributed by atoms with van der Waals surface area (Å²) in [6, 6.07) is 0. The van der Waals surface area contributed by atoms with Gasteiger partial charge in [-0.1, -0.05) is 11.3 Å². The SMILES string of the molecule is CCOC(=O)c1cnc(N2CCN(Cc3cnc(N)s3)CC2)s1. The number of esters is 1. The van der Waals surface area contributed by atoms with E-state index in [0.717, 1.165) is 37.9 Å². The van der Waals surface area contributed by atoms with Crippen molar-refractivity contribution < 1.29 is 9.53 Å². The molecule has 2 aromatic rings. The molecule has 0 unspecified atom stereocenters. The molecule has 0 aromatic carbocycles. The predicted octanol–water partition coefficient (Wildman–Crippen LogP) is 1.68. The van der Waals surface area contributed by atoms with Crippen molar-refractivity contribution in [2.45, 2.75) is 13.5 Å². The Morgan fingerprint density at radius 2 is 2.04 bits per heavy atom. The summed E-state index contributed by atoms with van der Waals surface area (Å²) in [7, 11) is 0. The van der Waals surface area contributed by atoms with Crippen LogP contribution in [-0.2, 0) is 11.3 Å². The molecule has 7 nitrogen and oxygen atoms in total. The fourth-order valence-electron chi connectivity index (χ4n) is 2.42. The first-order valence-electron chi connectivity index (χ1n) is 7.46. The third kappa shape index (κ3) is 3.98. The van der Waals surface area contributed by atoms with Gasteiger partial charge in [-0.15, -0.1) is 11.3 Å². The zero-order valence-electron chi connectivity index (χ0n) is 12.9. The molecule has 0 spiro atoms. The minimum Gasteiger partial charge on any atom is -0.462 e. The van der Waals surface area contributed by atoms with Crippen LogP contribution in [-0.4, -0.2) is 53.6 Å². The maximum Gasteiger partial charge on any atom is 0.350 e. The number of piperazine rings is 1. The number of nitrogens with two attached hydrogens (primary N) is 1. The summed E-state index contributed by atoms with van der Waals surface area (Å²) in [5.74, 6) is -0.294. The molecule has 1 fully saturated rings. The van der Waals surface area contributed by atoms with Gasteiger partial charge in [-0.05, 0) is 6.92 Å². The average Bonchev–Trinajstić information content (AvgIpc) is 3.18. The van der Waals surface area contributed by atoms with Crippen molar-refractivity contribution in [1.29, 1.82) is 0 Å². The molecule has 1 saturated heterocycles. The van der Waals surface area contributed by atoms with Gasteiger partial charge in [0.15, 0.2) is 10.3 Å². The fraction of sp³-hybridized carbons (Fsp3) is 0.500. The Bertz CT molecular complexity index is 664. The molecule has 0 atom stereocenters. The summed E-state index contributed by atoms with van der Waals surface area (Å²) in [4.78, 5) is 26.5. The van der Waals surface area contributed by atoms with E-state index >= 15 is 0 Å². The van der Waals surface area contributed by atoms with Crippen LogP contribution in [0.1, 0.15) is 21.5 Å². The quantitative estimate of drug-likeness (QED) is 0.819. The van der Waals surface area contributed by atoms with Gasteiger partial charge in [-0.2, -0.15) is 0 Å². The van der Waals surface area contributed by atoms with Gasteiger partial charge in [0.1, 0.15) is 4.88 Å². The first-order valence-corrected chi connectivity index (χ1v) is 9.09. The number of rotatable bonds is 5. The van der Waals surface area contributed by atoms with Gasteiger partial charge >= 0.3 is 5.97 Å². The Balaban J connectivity index is 1.53. The van der Waals surface area contributed by atoms with Crippen LogP contribution in [0.5, 0.6) is 0 Å². The third-order valence-electron chi connectivity index (χ3n) is 3.56. The molecule has 2 aromatic heterocycles. The van der Waals surface area contributed by atoms with Gasteiger partial charge in [-0.3, -0.25) is 4.90 Å². The van der Waals surface area contributed by atoms with E-state index in [1.807, 2.05) is 6.20 Å². The third-order valence-corrected chi connectivity index (χ3v) is 5.41. The molecule has 0 amide bonds.